The van der Waals surface area contributed by atoms with Crippen molar-refractivity contribution in [2.75, 3.05) is 0 Å². The molecule has 1 atom stereocenters. The minimum absolute atomic E-state index is 0.236. The molecule has 6 nitrogen and oxygen atoms in total. The van der Waals surface area contributed by atoms with Crippen LogP contribution >= 0.6 is 0 Å². The van der Waals surface area contributed by atoms with Crippen molar-refractivity contribution < 1.29 is 9.59 Å². The van der Waals surface area contributed by atoms with E-state index in [1.54, 1.807) is 7.05 Å². The zero-order chi connectivity index (χ0) is 16.4. The molecule has 0 radical (unpaired) electrons. The van der Waals surface area contributed by atoms with E-state index in [2.05, 4.69) is 5.32 Å². The molecule has 3 rings (SSSR count). The molecule has 0 bridgehead atoms. The minimum Gasteiger partial charge on any atom is -0.295 e. The number of imidazole rings is 1. The van der Waals surface area contributed by atoms with Gasteiger partial charge < -0.3 is 0 Å². The van der Waals surface area contributed by atoms with E-state index in [4.69, 9.17) is 0 Å². The second-order valence-electron chi connectivity index (χ2n) is 5.17. The normalized spacial score (nSPS) is 17.9. The van der Waals surface area contributed by atoms with Crippen molar-refractivity contribution >= 4 is 22.8 Å². The molecule has 22 heavy (non-hydrogen) atoms. The molecule has 1 fully saturated rings. The van der Waals surface area contributed by atoms with E-state index in [0.717, 1.165) is 16.6 Å². The molecule has 1 aromatic heterocycles. The predicted octanol–water partition coefficient (Wildman–Crippen LogP) is 1.65. The Kier molecular flexibility index (Phi) is 4.49. The number of nitrogens with one attached hydrogen (secondary N) is 1. The number of hydrogen-bond donors (Lipinski definition) is 1. The fourth-order valence-electron chi connectivity index (χ4n) is 2.70. The van der Waals surface area contributed by atoms with Crippen LogP contribution in [0.3, 0.4) is 0 Å². The second-order valence-corrected chi connectivity index (χ2v) is 5.17. The third-order valence-electron chi connectivity index (χ3n) is 3.77. The summed E-state index contributed by atoms with van der Waals surface area (Å²) in [6.45, 7) is 5.95. The number of piperidine rings is 1. The smallest absolute Gasteiger partial charge is 0.295 e. The Bertz CT molecular complexity index is 786. The fourth-order valence-corrected chi connectivity index (χ4v) is 2.70. The lowest BCUT2D eigenvalue weighted by atomic mass is 10.1. The van der Waals surface area contributed by atoms with Gasteiger partial charge in [0.05, 0.1) is 11.0 Å². The molecule has 0 spiro atoms. The highest BCUT2D eigenvalue weighted by atomic mass is 16.2. The molecule has 1 saturated heterocycles. The van der Waals surface area contributed by atoms with Crippen LogP contribution < -0.4 is 11.0 Å². The summed E-state index contributed by atoms with van der Waals surface area (Å²) in [4.78, 5) is 35.6. The van der Waals surface area contributed by atoms with Crippen LogP contribution in [-0.2, 0) is 16.6 Å². The number of rotatable bonds is 1. The molecule has 1 N–H and O–H groups in total. The summed E-state index contributed by atoms with van der Waals surface area (Å²) < 4.78 is 3.02. The van der Waals surface area contributed by atoms with Crippen molar-refractivity contribution in [2.24, 2.45) is 7.05 Å². The lowest BCUT2D eigenvalue weighted by Crippen LogP contribution is -2.44. The van der Waals surface area contributed by atoms with Crippen molar-refractivity contribution in [3.63, 3.8) is 0 Å². The van der Waals surface area contributed by atoms with Crippen molar-refractivity contribution in [3.05, 3.63) is 34.2 Å². The highest BCUT2D eigenvalue weighted by Gasteiger charge is 2.31. The summed E-state index contributed by atoms with van der Waals surface area (Å²) in [6.07, 6.45) is 0.614. The van der Waals surface area contributed by atoms with E-state index in [-0.39, 0.29) is 18.0 Å². The van der Waals surface area contributed by atoms with E-state index < -0.39 is 11.9 Å². The number of amides is 2. The molecule has 0 aliphatic carbocycles. The number of benzene rings is 1. The van der Waals surface area contributed by atoms with Gasteiger partial charge in [-0.15, -0.1) is 0 Å². The maximum atomic E-state index is 12.4. The van der Waals surface area contributed by atoms with Crippen molar-refractivity contribution in [2.45, 2.75) is 39.7 Å². The minimum atomic E-state index is -0.619. The molecule has 1 aliphatic rings. The van der Waals surface area contributed by atoms with E-state index in [0.29, 0.717) is 6.42 Å². The lowest BCUT2D eigenvalue weighted by molar-refractivity contribution is -0.135. The van der Waals surface area contributed by atoms with E-state index in [1.165, 1.54) is 9.13 Å². The van der Waals surface area contributed by atoms with Gasteiger partial charge in [0.2, 0.25) is 11.8 Å². The topological polar surface area (TPSA) is 73.1 Å². The van der Waals surface area contributed by atoms with Crippen LogP contribution in [0, 0.1) is 6.92 Å². The van der Waals surface area contributed by atoms with Crippen molar-refractivity contribution in [1.82, 2.24) is 14.5 Å². The average molecular weight is 303 g/mol. The summed E-state index contributed by atoms with van der Waals surface area (Å²) in [5.74, 6) is -0.688. The van der Waals surface area contributed by atoms with Gasteiger partial charge in [-0.2, -0.15) is 0 Å². The number of nitrogens with zero attached hydrogens (tertiary/aromatic N) is 2. The van der Waals surface area contributed by atoms with Crippen LogP contribution in [-0.4, -0.2) is 20.9 Å². The van der Waals surface area contributed by atoms with Crippen molar-refractivity contribution in [1.29, 1.82) is 0 Å². The van der Waals surface area contributed by atoms with Crippen LogP contribution in [0.4, 0.5) is 0 Å². The first kappa shape index (κ1) is 16.0. The molecule has 2 aromatic rings. The molecule has 1 aromatic carbocycles. The number of fused-ring (bicyclic) bond motifs is 1. The first-order chi connectivity index (χ1) is 10.5. The molecule has 2 heterocycles. The molecule has 2 amide bonds. The average Bonchev–Trinajstić information content (AvgIpc) is 2.74. The molecular weight excluding hydrogens is 282 g/mol. The molecule has 118 valence electrons. The van der Waals surface area contributed by atoms with Gasteiger partial charge in [0.25, 0.3) is 0 Å². The highest BCUT2D eigenvalue weighted by Crippen LogP contribution is 2.23. The van der Waals surface area contributed by atoms with Crippen LogP contribution in [0.1, 0.15) is 38.3 Å². The van der Waals surface area contributed by atoms with E-state index >= 15 is 0 Å². The Morgan fingerprint density at radius 2 is 1.82 bits per heavy atom. The maximum Gasteiger partial charge on any atom is 0.329 e. The second kappa shape index (κ2) is 6.17. The number of aryl methyl sites for hydroxylation is 2. The number of imide groups is 1. The van der Waals surface area contributed by atoms with E-state index in [9.17, 15) is 14.4 Å². The quantitative estimate of drug-likeness (QED) is 0.814. The maximum absolute atomic E-state index is 12.4. The number of carbonyl (C=O) groups is 2. The molecule has 6 heteroatoms. The number of aromatic nitrogens is 2. The largest absolute Gasteiger partial charge is 0.329 e. The summed E-state index contributed by atoms with van der Waals surface area (Å²) in [5, 5.41) is 2.29. The van der Waals surface area contributed by atoms with Gasteiger partial charge in [-0.05, 0) is 31.0 Å². The zero-order valence-electron chi connectivity index (χ0n) is 13.3. The summed E-state index contributed by atoms with van der Waals surface area (Å²) >= 11 is 0. The standard InChI is InChI=1S/C14H15N3O3.C2H6/c1-8-3-4-9-11(7-8)16(2)14(20)17(9)10-5-6-12(18)15-13(10)19;1-2/h3-4,7,10H,5-6H2,1-2H3,(H,15,18,19);1-2H3. The highest BCUT2D eigenvalue weighted by molar-refractivity contribution is 6.00. The first-order valence-corrected chi connectivity index (χ1v) is 7.50. The third-order valence-corrected chi connectivity index (χ3v) is 3.77. The van der Waals surface area contributed by atoms with Gasteiger partial charge in [0, 0.05) is 13.5 Å². The number of carbonyl (C=O) groups excluding carboxylic acids is 2. The van der Waals surface area contributed by atoms with Crippen molar-refractivity contribution in [3.8, 4) is 0 Å². The first-order valence-electron chi connectivity index (χ1n) is 7.50. The summed E-state index contributed by atoms with van der Waals surface area (Å²) in [7, 11) is 1.69. The van der Waals surface area contributed by atoms with Crippen LogP contribution in [0.2, 0.25) is 0 Å². The molecule has 1 unspecified atom stereocenters. The Hall–Kier alpha value is -2.37. The van der Waals surface area contributed by atoms with E-state index in [1.807, 2.05) is 39.0 Å². The summed E-state index contributed by atoms with van der Waals surface area (Å²) in [6, 6.07) is 5.05. The SMILES string of the molecule is CC.Cc1ccc2c(c1)n(C)c(=O)n2C1CCC(=O)NC1=O. The van der Waals surface area contributed by atoms with Gasteiger partial charge in [-0.1, -0.05) is 19.9 Å². The lowest BCUT2D eigenvalue weighted by Gasteiger charge is -2.21. The monoisotopic (exact) mass is 303 g/mol. The van der Waals surface area contributed by atoms with Crippen LogP contribution in [0.15, 0.2) is 23.0 Å². The summed E-state index contributed by atoms with van der Waals surface area (Å²) in [5.41, 5.74) is 2.32. The third kappa shape index (κ3) is 2.56. The van der Waals surface area contributed by atoms with Crippen LogP contribution in [0.5, 0.6) is 0 Å². The van der Waals surface area contributed by atoms with Gasteiger partial charge >= 0.3 is 5.69 Å². The Balaban J connectivity index is 0.000000847. The Labute approximate surface area is 128 Å². The van der Waals surface area contributed by atoms with Crippen LogP contribution in [0.25, 0.3) is 11.0 Å². The molecular formula is C16H21N3O3. The zero-order valence-corrected chi connectivity index (χ0v) is 13.3. The van der Waals surface area contributed by atoms with Gasteiger partial charge in [0.15, 0.2) is 0 Å². The fraction of sp³-hybridized carbons (Fsp3) is 0.438. The molecule has 0 saturated carbocycles. The van der Waals surface area contributed by atoms with Gasteiger partial charge in [-0.25, -0.2) is 4.79 Å². The van der Waals surface area contributed by atoms with Gasteiger partial charge in [0.1, 0.15) is 6.04 Å². The number of hydrogen-bond acceptors (Lipinski definition) is 3. The predicted molar refractivity (Wildman–Crippen MR) is 84.7 cm³/mol. The Morgan fingerprint density at radius 3 is 2.45 bits per heavy atom. The molecule has 1 aliphatic heterocycles. The Morgan fingerprint density at radius 1 is 1.14 bits per heavy atom. The van der Waals surface area contributed by atoms with Gasteiger partial charge in [-0.3, -0.25) is 24.0 Å².